The van der Waals surface area contributed by atoms with Gasteiger partial charge in [0.2, 0.25) is 0 Å². The van der Waals surface area contributed by atoms with Crippen molar-refractivity contribution < 1.29 is 14.3 Å². The van der Waals surface area contributed by atoms with Gasteiger partial charge in [0.1, 0.15) is 0 Å². The van der Waals surface area contributed by atoms with Crippen LogP contribution in [0.15, 0.2) is 30.3 Å². The lowest BCUT2D eigenvalue weighted by Gasteiger charge is -2.18. The number of hydrogen-bond donors (Lipinski definition) is 0. The van der Waals surface area contributed by atoms with E-state index in [1.807, 2.05) is 30.3 Å². The number of esters is 1. The van der Waals surface area contributed by atoms with Crippen molar-refractivity contribution in [2.24, 2.45) is 0 Å². The lowest BCUT2D eigenvalue weighted by Crippen LogP contribution is -2.18. The average Bonchev–Trinajstić information content (AvgIpc) is 2.18. The van der Waals surface area contributed by atoms with Crippen molar-refractivity contribution in [1.82, 2.24) is 0 Å². The molecule has 0 spiro atoms. The zero-order valence-corrected chi connectivity index (χ0v) is 8.12. The molecule has 14 heavy (non-hydrogen) atoms. The fourth-order valence-corrected chi connectivity index (χ4v) is 2.21. The minimum Gasteiger partial charge on any atom is -0.385 e. The molecule has 1 aliphatic rings. The fraction of sp³-hybridized carbons (Fsp3) is 0.200. The Morgan fingerprint density at radius 3 is 2.57 bits per heavy atom. The Balaban J connectivity index is 2.19. The van der Waals surface area contributed by atoms with E-state index in [1.165, 1.54) is 0 Å². The molecule has 0 saturated carbocycles. The van der Waals surface area contributed by atoms with Gasteiger partial charge < -0.3 is 4.74 Å². The van der Waals surface area contributed by atoms with E-state index < -0.39 is 11.3 Å². The minimum atomic E-state index is -0.505. The molecule has 1 aromatic rings. The van der Waals surface area contributed by atoms with E-state index in [9.17, 15) is 9.59 Å². The molecule has 4 heteroatoms. The molecule has 1 fully saturated rings. The van der Waals surface area contributed by atoms with E-state index in [0.29, 0.717) is 0 Å². The smallest absolute Gasteiger partial charge is 0.375 e. The fourth-order valence-electron chi connectivity index (χ4n) is 1.32. The van der Waals surface area contributed by atoms with E-state index in [4.69, 9.17) is 0 Å². The maximum atomic E-state index is 11.0. The predicted octanol–water partition coefficient (Wildman–Crippen LogP) is 2.53. The summed E-state index contributed by atoms with van der Waals surface area (Å²) in [5.74, 6) is -0.442. The van der Waals surface area contributed by atoms with Crippen LogP contribution in [-0.2, 0) is 9.53 Å². The van der Waals surface area contributed by atoms with Crippen molar-refractivity contribution in [2.45, 2.75) is 11.7 Å². The molecule has 1 aliphatic heterocycles. The van der Waals surface area contributed by atoms with E-state index in [2.05, 4.69) is 4.74 Å². The third-order valence-corrected chi connectivity index (χ3v) is 2.96. The number of thioether (sulfide) groups is 1. The van der Waals surface area contributed by atoms with Crippen molar-refractivity contribution in [3.63, 3.8) is 0 Å². The van der Waals surface area contributed by atoms with Gasteiger partial charge in [-0.1, -0.05) is 30.3 Å². The van der Waals surface area contributed by atoms with Crippen molar-refractivity contribution >= 4 is 23.0 Å². The van der Waals surface area contributed by atoms with Gasteiger partial charge in [0.25, 0.3) is 0 Å². The first kappa shape index (κ1) is 9.27. The predicted molar refractivity (Wildman–Crippen MR) is 52.9 cm³/mol. The molecule has 0 aromatic heterocycles. The quantitative estimate of drug-likeness (QED) is 0.525. The van der Waals surface area contributed by atoms with E-state index in [-0.39, 0.29) is 11.7 Å². The Morgan fingerprint density at radius 2 is 1.93 bits per heavy atom. The van der Waals surface area contributed by atoms with Gasteiger partial charge in [-0.05, 0) is 17.3 Å². The van der Waals surface area contributed by atoms with Crippen LogP contribution >= 0.6 is 11.8 Å². The largest absolute Gasteiger partial charge is 0.385 e. The molecular weight excluding hydrogens is 200 g/mol. The second kappa shape index (κ2) is 3.84. The average molecular weight is 208 g/mol. The molecule has 72 valence electrons. The first-order valence-corrected chi connectivity index (χ1v) is 5.10. The van der Waals surface area contributed by atoms with Gasteiger partial charge in [-0.15, -0.1) is 0 Å². The third kappa shape index (κ3) is 1.96. The van der Waals surface area contributed by atoms with Gasteiger partial charge in [-0.3, -0.25) is 4.79 Å². The molecule has 3 nitrogen and oxygen atoms in total. The van der Waals surface area contributed by atoms with Gasteiger partial charge >= 0.3 is 11.3 Å². The summed E-state index contributed by atoms with van der Waals surface area (Å²) in [5.41, 5.74) is 0.988. The summed E-state index contributed by atoms with van der Waals surface area (Å²) in [4.78, 5) is 22.0. The molecule has 0 N–H and O–H groups in total. The zero-order chi connectivity index (χ0) is 9.97. The van der Waals surface area contributed by atoms with Crippen LogP contribution in [0.1, 0.15) is 17.2 Å². The topological polar surface area (TPSA) is 43.4 Å². The van der Waals surface area contributed by atoms with Crippen LogP contribution in [0.3, 0.4) is 0 Å². The van der Waals surface area contributed by atoms with E-state index >= 15 is 0 Å². The maximum Gasteiger partial charge on any atom is 0.375 e. The molecular formula is C10H8O3S. The molecule has 1 saturated heterocycles. The Bertz CT molecular complexity index is 345. The third-order valence-electron chi connectivity index (χ3n) is 1.96. The number of ether oxygens (including phenoxy) is 1. The lowest BCUT2D eigenvalue weighted by atomic mass is 10.1. The van der Waals surface area contributed by atoms with Gasteiger partial charge in [-0.2, -0.15) is 0 Å². The molecule has 1 aromatic carbocycles. The molecule has 0 bridgehead atoms. The standard InChI is InChI=1S/C10H8O3S/c11-9-6-8(14-10(12)13-9)7-4-2-1-3-5-7/h1-5,8H,6H2. The normalized spacial score (nSPS) is 21.9. The van der Waals surface area contributed by atoms with Crippen molar-refractivity contribution in [3.05, 3.63) is 35.9 Å². The van der Waals surface area contributed by atoms with Crippen LogP contribution in [0, 0.1) is 0 Å². The van der Waals surface area contributed by atoms with E-state index in [0.717, 1.165) is 17.3 Å². The Labute approximate surface area is 85.4 Å². The Morgan fingerprint density at radius 1 is 1.21 bits per heavy atom. The maximum absolute atomic E-state index is 11.0. The van der Waals surface area contributed by atoms with E-state index in [1.54, 1.807) is 0 Å². The highest BCUT2D eigenvalue weighted by atomic mass is 32.2. The number of benzene rings is 1. The van der Waals surface area contributed by atoms with Gasteiger partial charge in [0.15, 0.2) is 0 Å². The number of hydrogen-bond acceptors (Lipinski definition) is 4. The summed E-state index contributed by atoms with van der Waals surface area (Å²) in [6.45, 7) is 0. The van der Waals surface area contributed by atoms with Gasteiger partial charge in [0, 0.05) is 0 Å². The Hall–Kier alpha value is -1.29. The summed E-state index contributed by atoms with van der Waals surface area (Å²) in [6, 6.07) is 9.49. The highest BCUT2D eigenvalue weighted by Crippen LogP contribution is 2.36. The van der Waals surface area contributed by atoms with Crippen LogP contribution in [-0.4, -0.2) is 11.3 Å². The monoisotopic (exact) mass is 208 g/mol. The first-order chi connectivity index (χ1) is 6.75. The molecule has 1 heterocycles. The Kier molecular flexibility index (Phi) is 2.54. The zero-order valence-electron chi connectivity index (χ0n) is 7.30. The van der Waals surface area contributed by atoms with Crippen molar-refractivity contribution in [2.75, 3.05) is 0 Å². The summed E-state index contributed by atoms with van der Waals surface area (Å²) in [6.07, 6.45) is 0.264. The SMILES string of the molecule is O=C1CC(c2ccccc2)SC(=O)O1. The lowest BCUT2D eigenvalue weighted by molar-refractivity contribution is -0.136. The summed E-state index contributed by atoms with van der Waals surface area (Å²) in [5, 5.41) is -0.597. The second-order valence-electron chi connectivity index (χ2n) is 2.95. The first-order valence-electron chi connectivity index (χ1n) is 4.22. The van der Waals surface area contributed by atoms with Crippen molar-refractivity contribution in [3.8, 4) is 0 Å². The van der Waals surface area contributed by atoms with Crippen LogP contribution in [0.5, 0.6) is 0 Å². The van der Waals surface area contributed by atoms with Gasteiger partial charge in [0.05, 0.1) is 11.7 Å². The number of rotatable bonds is 1. The number of carbonyl (C=O) groups is 2. The molecule has 0 aliphatic carbocycles. The summed E-state index contributed by atoms with van der Waals surface area (Å²) in [7, 11) is 0. The van der Waals surface area contributed by atoms with Crippen LogP contribution in [0.2, 0.25) is 0 Å². The molecule has 2 rings (SSSR count). The molecule has 0 radical (unpaired) electrons. The molecule has 1 unspecified atom stereocenters. The number of carbonyl (C=O) groups excluding carboxylic acids is 2. The number of cyclic esters (lactones) is 2. The van der Waals surface area contributed by atoms with Crippen molar-refractivity contribution in [1.29, 1.82) is 0 Å². The highest BCUT2D eigenvalue weighted by molar-refractivity contribution is 8.13. The second-order valence-corrected chi connectivity index (χ2v) is 4.08. The van der Waals surface area contributed by atoms with Crippen LogP contribution in [0.4, 0.5) is 4.79 Å². The van der Waals surface area contributed by atoms with Gasteiger partial charge in [-0.25, -0.2) is 4.79 Å². The molecule has 1 atom stereocenters. The minimum absolute atomic E-state index is 0.0926. The van der Waals surface area contributed by atoms with Crippen LogP contribution in [0.25, 0.3) is 0 Å². The highest BCUT2D eigenvalue weighted by Gasteiger charge is 2.28. The molecule has 0 amide bonds. The van der Waals surface area contributed by atoms with Crippen LogP contribution < -0.4 is 0 Å². The summed E-state index contributed by atoms with van der Waals surface area (Å²) >= 11 is 1.06. The summed E-state index contributed by atoms with van der Waals surface area (Å²) < 4.78 is 4.42.